The highest BCUT2D eigenvalue weighted by atomic mass is 16.5. The molecule has 0 atom stereocenters. The summed E-state index contributed by atoms with van der Waals surface area (Å²) in [6.07, 6.45) is 0. The van der Waals surface area contributed by atoms with Crippen molar-refractivity contribution in [3.63, 3.8) is 0 Å². The standard InChI is InChI=1S/C13H14N2O3/c1-14-11(16)10(9-7-5-4-6-8-9)12(18-3)15(2)13(14)17/h4-8H,1-3H3. The molecule has 0 bridgehead atoms. The summed E-state index contributed by atoms with van der Waals surface area (Å²) in [4.78, 5) is 24.0. The lowest BCUT2D eigenvalue weighted by Crippen LogP contribution is -2.38. The van der Waals surface area contributed by atoms with Crippen LogP contribution in [-0.4, -0.2) is 16.2 Å². The van der Waals surface area contributed by atoms with Crippen LogP contribution < -0.4 is 16.0 Å². The molecule has 94 valence electrons. The molecule has 0 saturated heterocycles. The summed E-state index contributed by atoms with van der Waals surface area (Å²) in [6.45, 7) is 0. The smallest absolute Gasteiger partial charge is 0.333 e. The lowest BCUT2D eigenvalue weighted by atomic mass is 10.1. The van der Waals surface area contributed by atoms with Gasteiger partial charge in [-0.05, 0) is 5.56 Å². The summed E-state index contributed by atoms with van der Waals surface area (Å²) in [5, 5.41) is 0. The summed E-state index contributed by atoms with van der Waals surface area (Å²) < 4.78 is 7.59. The van der Waals surface area contributed by atoms with Crippen LogP contribution in [0.4, 0.5) is 0 Å². The van der Waals surface area contributed by atoms with Crippen molar-refractivity contribution in [2.75, 3.05) is 7.11 Å². The van der Waals surface area contributed by atoms with Gasteiger partial charge in [0.25, 0.3) is 5.56 Å². The highest BCUT2D eigenvalue weighted by Gasteiger charge is 2.17. The Morgan fingerprint density at radius 2 is 1.61 bits per heavy atom. The molecule has 0 fully saturated rings. The highest BCUT2D eigenvalue weighted by Crippen LogP contribution is 2.23. The van der Waals surface area contributed by atoms with Gasteiger partial charge in [-0.1, -0.05) is 30.3 Å². The van der Waals surface area contributed by atoms with E-state index in [1.165, 1.54) is 18.7 Å². The molecule has 2 aromatic rings. The van der Waals surface area contributed by atoms with Crippen LogP contribution in [0.15, 0.2) is 39.9 Å². The van der Waals surface area contributed by atoms with Gasteiger partial charge in [-0.25, -0.2) is 4.79 Å². The quantitative estimate of drug-likeness (QED) is 0.786. The normalized spacial score (nSPS) is 10.4. The van der Waals surface area contributed by atoms with Gasteiger partial charge in [-0.2, -0.15) is 0 Å². The topological polar surface area (TPSA) is 53.2 Å². The Balaban J connectivity index is 2.91. The molecule has 0 spiro atoms. The van der Waals surface area contributed by atoms with Gasteiger partial charge in [0, 0.05) is 14.1 Å². The van der Waals surface area contributed by atoms with Crippen LogP contribution in [0.25, 0.3) is 11.1 Å². The SMILES string of the molecule is COc1c(-c2ccccc2)c(=O)n(C)c(=O)n1C. The minimum Gasteiger partial charge on any atom is -0.481 e. The largest absolute Gasteiger partial charge is 0.481 e. The molecule has 0 aliphatic carbocycles. The van der Waals surface area contributed by atoms with Crippen molar-refractivity contribution in [1.82, 2.24) is 9.13 Å². The van der Waals surface area contributed by atoms with Crippen LogP contribution in [0, 0.1) is 0 Å². The van der Waals surface area contributed by atoms with Crippen molar-refractivity contribution in [1.29, 1.82) is 0 Å². The molecule has 0 aliphatic heterocycles. The minimum absolute atomic E-state index is 0.273. The fourth-order valence-corrected chi connectivity index (χ4v) is 1.92. The Labute approximate surface area is 104 Å². The molecule has 5 nitrogen and oxygen atoms in total. The number of benzene rings is 1. The summed E-state index contributed by atoms with van der Waals surface area (Å²) in [5.74, 6) is 0.273. The summed E-state index contributed by atoms with van der Waals surface area (Å²) in [7, 11) is 4.48. The Kier molecular flexibility index (Phi) is 3.06. The van der Waals surface area contributed by atoms with Gasteiger partial charge >= 0.3 is 5.69 Å². The third-order valence-corrected chi connectivity index (χ3v) is 2.87. The molecule has 5 heteroatoms. The van der Waals surface area contributed by atoms with E-state index >= 15 is 0 Å². The van der Waals surface area contributed by atoms with E-state index in [1.54, 1.807) is 7.05 Å². The average molecular weight is 246 g/mol. The summed E-state index contributed by atoms with van der Waals surface area (Å²) in [6, 6.07) is 9.15. The number of rotatable bonds is 2. The number of aromatic nitrogens is 2. The van der Waals surface area contributed by atoms with Crippen LogP contribution >= 0.6 is 0 Å². The van der Waals surface area contributed by atoms with E-state index in [-0.39, 0.29) is 11.4 Å². The molecular formula is C13H14N2O3. The second-order valence-electron chi connectivity index (χ2n) is 3.96. The molecule has 0 saturated carbocycles. The molecule has 18 heavy (non-hydrogen) atoms. The van der Waals surface area contributed by atoms with E-state index in [1.807, 2.05) is 30.3 Å². The molecule has 0 aliphatic rings. The van der Waals surface area contributed by atoms with E-state index in [4.69, 9.17) is 4.74 Å². The number of nitrogens with zero attached hydrogens (tertiary/aromatic N) is 2. The lowest BCUT2D eigenvalue weighted by Gasteiger charge is -2.13. The van der Waals surface area contributed by atoms with Gasteiger partial charge < -0.3 is 4.74 Å². The van der Waals surface area contributed by atoms with Gasteiger partial charge in [0.2, 0.25) is 5.88 Å². The van der Waals surface area contributed by atoms with Gasteiger partial charge in [0.1, 0.15) is 5.56 Å². The minimum atomic E-state index is -0.406. The molecule has 2 rings (SSSR count). The van der Waals surface area contributed by atoms with Crippen LogP contribution in [0.3, 0.4) is 0 Å². The predicted octanol–water partition coefficient (Wildman–Crippen LogP) is 0.760. The Hall–Kier alpha value is -2.30. The third-order valence-electron chi connectivity index (χ3n) is 2.87. The monoisotopic (exact) mass is 246 g/mol. The van der Waals surface area contributed by atoms with E-state index in [9.17, 15) is 9.59 Å². The predicted molar refractivity (Wildman–Crippen MR) is 68.9 cm³/mol. The van der Waals surface area contributed by atoms with Crippen molar-refractivity contribution in [2.45, 2.75) is 0 Å². The fourth-order valence-electron chi connectivity index (χ4n) is 1.92. The number of hydrogen-bond donors (Lipinski definition) is 0. The third kappa shape index (κ3) is 1.73. The molecule has 0 amide bonds. The molecular weight excluding hydrogens is 232 g/mol. The first-order valence-corrected chi connectivity index (χ1v) is 5.47. The molecule has 0 N–H and O–H groups in total. The van der Waals surface area contributed by atoms with Crippen molar-refractivity contribution >= 4 is 0 Å². The van der Waals surface area contributed by atoms with Crippen LogP contribution in [-0.2, 0) is 14.1 Å². The maximum absolute atomic E-state index is 12.2. The molecule has 1 aromatic carbocycles. The van der Waals surface area contributed by atoms with Gasteiger partial charge in [0.15, 0.2) is 0 Å². The number of ether oxygens (including phenoxy) is 1. The Morgan fingerprint density at radius 3 is 2.17 bits per heavy atom. The average Bonchev–Trinajstić information content (AvgIpc) is 2.41. The molecule has 1 heterocycles. The molecule has 0 radical (unpaired) electrons. The number of methoxy groups -OCH3 is 1. The molecule has 0 unspecified atom stereocenters. The van der Waals surface area contributed by atoms with Crippen molar-refractivity contribution < 1.29 is 4.74 Å². The molecule has 1 aromatic heterocycles. The van der Waals surface area contributed by atoms with E-state index in [0.717, 1.165) is 10.1 Å². The zero-order chi connectivity index (χ0) is 13.3. The maximum atomic E-state index is 12.2. The van der Waals surface area contributed by atoms with E-state index in [0.29, 0.717) is 5.56 Å². The van der Waals surface area contributed by atoms with E-state index in [2.05, 4.69) is 0 Å². The van der Waals surface area contributed by atoms with Gasteiger partial charge in [-0.15, -0.1) is 0 Å². The first kappa shape index (κ1) is 12.2. The first-order chi connectivity index (χ1) is 8.57. The maximum Gasteiger partial charge on any atom is 0.333 e. The van der Waals surface area contributed by atoms with Gasteiger partial charge in [0.05, 0.1) is 7.11 Å². The first-order valence-electron chi connectivity index (χ1n) is 5.47. The second kappa shape index (κ2) is 4.52. The van der Waals surface area contributed by atoms with E-state index < -0.39 is 5.69 Å². The summed E-state index contributed by atoms with van der Waals surface area (Å²) >= 11 is 0. The van der Waals surface area contributed by atoms with Gasteiger partial charge in [-0.3, -0.25) is 13.9 Å². The number of hydrogen-bond acceptors (Lipinski definition) is 3. The zero-order valence-electron chi connectivity index (χ0n) is 10.5. The highest BCUT2D eigenvalue weighted by molar-refractivity contribution is 5.67. The van der Waals surface area contributed by atoms with Crippen molar-refractivity contribution in [3.05, 3.63) is 51.2 Å². The zero-order valence-corrected chi connectivity index (χ0v) is 10.5. The Morgan fingerprint density at radius 1 is 1.00 bits per heavy atom. The second-order valence-corrected chi connectivity index (χ2v) is 3.96. The van der Waals surface area contributed by atoms with Crippen LogP contribution in [0.1, 0.15) is 0 Å². The van der Waals surface area contributed by atoms with Crippen LogP contribution in [0.5, 0.6) is 5.88 Å². The van der Waals surface area contributed by atoms with Crippen LogP contribution in [0.2, 0.25) is 0 Å². The van der Waals surface area contributed by atoms with Crippen molar-refractivity contribution in [3.8, 4) is 17.0 Å². The lowest BCUT2D eigenvalue weighted by molar-refractivity contribution is 0.370. The van der Waals surface area contributed by atoms with Crippen molar-refractivity contribution in [2.24, 2.45) is 14.1 Å². The fraction of sp³-hybridized carbons (Fsp3) is 0.231. The summed E-state index contributed by atoms with van der Waals surface area (Å²) in [5.41, 5.74) is 0.353. The Bertz CT molecular complexity index is 684.